The topological polar surface area (TPSA) is 69.9 Å². The second-order valence-electron chi connectivity index (χ2n) is 11.6. The van der Waals surface area contributed by atoms with E-state index < -0.39 is 12.0 Å². The van der Waals surface area contributed by atoms with Gasteiger partial charge in [0.2, 0.25) is 0 Å². The highest BCUT2D eigenvalue weighted by Gasteiger charge is 2.35. The third-order valence-corrected chi connectivity index (χ3v) is 11.2. The van der Waals surface area contributed by atoms with Crippen LogP contribution in [0.1, 0.15) is 60.5 Å². The van der Waals surface area contributed by atoms with Crippen molar-refractivity contribution in [3.8, 4) is 5.75 Å². The van der Waals surface area contributed by atoms with E-state index in [0.717, 1.165) is 40.7 Å². The number of benzene rings is 4. The molecule has 0 aliphatic carbocycles. The summed E-state index contributed by atoms with van der Waals surface area (Å²) in [5.41, 5.74) is 4.98. The van der Waals surface area contributed by atoms with E-state index in [1.54, 1.807) is 23.6 Å². The van der Waals surface area contributed by atoms with E-state index in [1.807, 2.05) is 66.7 Å². The van der Waals surface area contributed by atoms with E-state index in [-0.39, 0.29) is 18.8 Å². The predicted octanol–water partition coefficient (Wildman–Crippen LogP) is 9.15. The van der Waals surface area contributed by atoms with Gasteiger partial charge >= 0.3 is 5.97 Å². The lowest BCUT2D eigenvalue weighted by atomic mass is 9.91. The van der Waals surface area contributed by atoms with Crippen molar-refractivity contribution >= 4 is 97.5 Å². The van der Waals surface area contributed by atoms with Crippen molar-refractivity contribution in [2.45, 2.75) is 39.3 Å². The number of ether oxygens (including phenoxy) is 2. The van der Waals surface area contributed by atoms with Gasteiger partial charge in [0.1, 0.15) is 12.4 Å². The van der Waals surface area contributed by atoms with Crippen LogP contribution in [0.5, 0.6) is 5.75 Å². The Morgan fingerprint density at radius 1 is 1.00 bits per heavy atom. The van der Waals surface area contributed by atoms with Gasteiger partial charge in [0.25, 0.3) is 5.56 Å². The normalized spacial score (nSPS) is 14.5. The Kier molecular flexibility index (Phi) is 11.3. The maximum Gasteiger partial charge on any atom is 0.338 e. The minimum atomic E-state index is -0.732. The first-order valence-electron chi connectivity index (χ1n) is 15.5. The minimum absolute atomic E-state index is 0.192. The molecular formula is C38H30Cl2I2N2O4S. The zero-order valence-electron chi connectivity index (χ0n) is 26.7. The number of thiazole rings is 1. The number of carbonyl (C=O) groups is 1. The largest absolute Gasteiger partial charge is 0.487 e. The average molecular weight is 935 g/mol. The Morgan fingerprint density at radius 2 is 1.69 bits per heavy atom. The lowest BCUT2D eigenvalue weighted by Crippen LogP contribution is -2.40. The number of hydrogen-bond acceptors (Lipinski definition) is 6. The molecule has 0 amide bonds. The lowest BCUT2D eigenvalue weighted by Gasteiger charge is -2.26. The minimum Gasteiger partial charge on any atom is -0.487 e. The summed E-state index contributed by atoms with van der Waals surface area (Å²) < 4.78 is 15.7. The SMILES string of the molecule is CCOC(=O)C1=C(c2ccccc2)N=c2s/c(=C\c3cc(I)c(OCc4ccc(Cl)cc4Cl)c(I)c3)c(=O)n2[C@H]1c1ccc(C(C)C)cc1. The van der Waals surface area contributed by atoms with Gasteiger partial charge in [-0.25, -0.2) is 9.79 Å². The Hall–Kier alpha value is -2.97. The molecule has 11 heteroatoms. The molecule has 0 spiro atoms. The van der Waals surface area contributed by atoms with Gasteiger partial charge in [-0.05, 0) is 105 Å². The van der Waals surface area contributed by atoms with Gasteiger partial charge < -0.3 is 9.47 Å². The molecule has 1 aliphatic rings. The fraction of sp³-hybridized carbons (Fsp3) is 0.184. The molecule has 0 fully saturated rings. The van der Waals surface area contributed by atoms with Crippen LogP contribution in [0.4, 0.5) is 0 Å². The highest BCUT2D eigenvalue weighted by molar-refractivity contribution is 14.1. The molecule has 6 nitrogen and oxygen atoms in total. The number of nitrogens with zero attached hydrogens (tertiary/aromatic N) is 2. The van der Waals surface area contributed by atoms with Gasteiger partial charge in [-0.15, -0.1) is 0 Å². The number of carbonyl (C=O) groups excluding carboxylic acids is 1. The third kappa shape index (κ3) is 7.70. The van der Waals surface area contributed by atoms with Crippen LogP contribution < -0.4 is 19.6 Å². The van der Waals surface area contributed by atoms with Gasteiger partial charge in [0.15, 0.2) is 4.80 Å². The Morgan fingerprint density at radius 3 is 2.33 bits per heavy atom. The number of halogens is 4. The molecule has 6 rings (SSSR count). The van der Waals surface area contributed by atoms with Gasteiger partial charge in [0.05, 0.1) is 35.6 Å². The van der Waals surface area contributed by atoms with Crippen LogP contribution in [0, 0.1) is 7.14 Å². The van der Waals surface area contributed by atoms with E-state index in [4.69, 9.17) is 37.7 Å². The number of fused-ring (bicyclic) bond motifs is 1. The van der Waals surface area contributed by atoms with Gasteiger partial charge in [-0.3, -0.25) is 9.36 Å². The second kappa shape index (κ2) is 15.5. The highest BCUT2D eigenvalue weighted by Crippen LogP contribution is 2.36. The highest BCUT2D eigenvalue weighted by atomic mass is 127. The summed E-state index contributed by atoms with van der Waals surface area (Å²) in [6, 6.07) is 26.2. The quantitative estimate of drug-likeness (QED) is 0.109. The zero-order valence-corrected chi connectivity index (χ0v) is 33.3. The van der Waals surface area contributed by atoms with Crippen molar-refractivity contribution in [2.24, 2.45) is 4.99 Å². The molecule has 0 bridgehead atoms. The van der Waals surface area contributed by atoms with E-state index in [9.17, 15) is 9.59 Å². The van der Waals surface area contributed by atoms with Gasteiger partial charge in [-0.2, -0.15) is 0 Å². The summed E-state index contributed by atoms with van der Waals surface area (Å²) in [6.45, 7) is 6.51. The standard InChI is InChI=1S/C38H30Cl2I2N2O4S/c1-4-47-37(46)32-33(24-8-6-5-7-9-24)43-38-44(34(32)25-12-10-23(11-13-25)21(2)3)36(45)31(49-38)18-22-16-29(41)35(30(42)17-22)48-20-26-14-15-27(39)19-28(26)40/h5-19,21,34H,4,20H2,1-3H3/b31-18-/t34-/m0/s1. The van der Waals surface area contributed by atoms with Crippen molar-refractivity contribution in [3.63, 3.8) is 0 Å². The smallest absolute Gasteiger partial charge is 0.338 e. The zero-order chi connectivity index (χ0) is 34.8. The van der Waals surface area contributed by atoms with Crippen LogP contribution in [0.15, 0.2) is 100 Å². The number of rotatable bonds is 9. The van der Waals surface area contributed by atoms with Crippen molar-refractivity contribution in [2.75, 3.05) is 6.61 Å². The van der Waals surface area contributed by atoms with Crippen LogP contribution >= 0.6 is 79.7 Å². The molecule has 1 aliphatic heterocycles. The van der Waals surface area contributed by atoms with Crippen molar-refractivity contribution in [1.29, 1.82) is 0 Å². The summed E-state index contributed by atoms with van der Waals surface area (Å²) in [5.74, 6) is 0.549. The van der Waals surface area contributed by atoms with Gasteiger partial charge in [0, 0.05) is 21.2 Å². The summed E-state index contributed by atoms with van der Waals surface area (Å²) >= 11 is 18.2. The molecule has 1 atom stereocenters. The second-order valence-corrected chi connectivity index (χ2v) is 15.8. The molecule has 1 aromatic heterocycles. The molecule has 0 N–H and O–H groups in total. The van der Waals surface area contributed by atoms with Crippen LogP contribution in [0.25, 0.3) is 11.8 Å². The number of aromatic nitrogens is 1. The summed E-state index contributed by atoms with van der Waals surface area (Å²) in [7, 11) is 0. The lowest BCUT2D eigenvalue weighted by molar-refractivity contribution is -0.138. The summed E-state index contributed by atoms with van der Waals surface area (Å²) in [5, 5.41) is 1.11. The molecule has 2 heterocycles. The number of esters is 1. The predicted molar refractivity (Wildman–Crippen MR) is 214 cm³/mol. The van der Waals surface area contributed by atoms with Crippen molar-refractivity contribution < 1.29 is 14.3 Å². The van der Waals surface area contributed by atoms with Crippen LogP contribution in [-0.2, 0) is 16.1 Å². The molecular weight excluding hydrogens is 905 g/mol. The van der Waals surface area contributed by atoms with E-state index >= 15 is 0 Å². The Labute approximate surface area is 325 Å². The molecule has 5 aromatic rings. The first kappa shape index (κ1) is 35.8. The third-order valence-electron chi connectivity index (χ3n) is 8.00. The Bertz CT molecular complexity index is 2240. The molecule has 4 aromatic carbocycles. The maximum atomic E-state index is 14.4. The molecule has 0 radical (unpaired) electrons. The number of hydrogen-bond donors (Lipinski definition) is 0. The first-order chi connectivity index (χ1) is 23.5. The molecule has 0 saturated carbocycles. The van der Waals surface area contributed by atoms with E-state index in [2.05, 4.69) is 71.2 Å². The monoisotopic (exact) mass is 934 g/mol. The molecule has 250 valence electrons. The van der Waals surface area contributed by atoms with Crippen molar-refractivity contribution in [3.05, 3.63) is 155 Å². The van der Waals surface area contributed by atoms with Crippen LogP contribution in [-0.4, -0.2) is 17.1 Å². The fourth-order valence-corrected chi connectivity index (χ4v) is 9.15. The molecule has 49 heavy (non-hydrogen) atoms. The molecule has 0 saturated heterocycles. The summed E-state index contributed by atoms with van der Waals surface area (Å²) in [4.78, 5) is 33.6. The van der Waals surface area contributed by atoms with E-state index in [0.29, 0.717) is 36.6 Å². The molecule has 0 unspecified atom stereocenters. The fourth-order valence-electron chi connectivity index (χ4n) is 5.56. The Balaban J connectivity index is 1.47. The van der Waals surface area contributed by atoms with Gasteiger partial charge in [-0.1, -0.05) is 109 Å². The summed E-state index contributed by atoms with van der Waals surface area (Å²) in [6.07, 6.45) is 1.86. The van der Waals surface area contributed by atoms with Crippen LogP contribution in [0.3, 0.4) is 0 Å². The van der Waals surface area contributed by atoms with E-state index in [1.165, 1.54) is 11.3 Å². The maximum absolute atomic E-state index is 14.4. The van der Waals surface area contributed by atoms with Crippen molar-refractivity contribution in [1.82, 2.24) is 4.57 Å². The van der Waals surface area contributed by atoms with Crippen LogP contribution in [0.2, 0.25) is 10.0 Å². The first-order valence-corrected chi connectivity index (χ1v) is 19.2. The average Bonchev–Trinajstić information content (AvgIpc) is 3.38.